The van der Waals surface area contributed by atoms with Crippen molar-refractivity contribution >= 4 is 21.4 Å². The lowest BCUT2D eigenvalue weighted by molar-refractivity contribution is 0.464. The Morgan fingerprint density at radius 2 is 2.20 bits per heavy atom. The molecule has 4 nitrogen and oxygen atoms in total. The zero-order chi connectivity index (χ0) is 7.78. The van der Waals surface area contributed by atoms with Crippen molar-refractivity contribution in [2.75, 3.05) is 0 Å². The van der Waals surface area contributed by atoms with Gasteiger partial charge in [0.05, 0.1) is 0 Å². The van der Waals surface area contributed by atoms with Crippen LogP contribution < -0.4 is 5.14 Å². The lowest BCUT2D eigenvalue weighted by atomic mass is 10.6. The molecule has 0 aliphatic rings. The number of primary sulfonamides is 1. The highest BCUT2D eigenvalue weighted by Gasteiger charge is 2.13. The number of hydrogen-bond donors (Lipinski definition) is 2. The summed E-state index contributed by atoms with van der Waals surface area (Å²) in [5.41, 5.74) is 0. The van der Waals surface area contributed by atoms with Gasteiger partial charge in [-0.1, -0.05) is 0 Å². The van der Waals surface area contributed by atoms with Gasteiger partial charge in [0.25, 0.3) is 10.0 Å². The molecule has 0 radical (unpaired) electrons. The summed E-state index contributed by atoms with van der Waals surface area (Å²) >= 11 is 0.894. The topological polar surface area (TPSA) is 80.4 Å². The maximum absolute atomic E-state index is 10.5. The maximum atomic E-state index is 10.5. The minimum absolute atomic E-state index is 0.187. The first-order valence-corrected chi connectivity index (χ1v) is 4.73. The van der Waals surface area contributed by atoms with E-state index in [0.29, 0.717) is 0 Å². The molecular weight excluding hydrogens is 174 g/mol. The summed E-state index contributed by atoms with van der Waals surface area (Å²) in [5, 5.41) is 15.0. The third kappa shape index (κ3) is 1.28. The predicted octanol–water partition coefficient (Wildman–Crippen LogP) is 0.101. The van der Waals surface area contributed by atoms with E-state index in [4.69, 9.17) is 10.2 Å². The van der Waals surface area contributed by atoms with Crippen LogP contribution in [0.3, 0.4) is 0 Å². The van der Waals surface area contributed by atoms with E-state index in [1.54, 1.807) is 0 Å². The monoisotopic (exact) mass is 179 g/mol. The van der Waals surface area contributed by atoms with Gasteiger partial charge in [-0.2, -0.15) is 0 Å². The first kappa shape index (κ1) is 7.52. The summed E-state index contributed by atoms with van der Waals surface area (Å²) in [6.07, 6.45) is 0. The number of nitrogens with two attached hydrogens (primary N) is 1. The summed E-state index contributed by atoms with van der Waals surface area (Å²) in [6, 6.07) is 1.28. The van der Waals surface area contributed by atoms with Crippen LogP contribution in [0.15, 0.2) is 15.7 Å². The van der Waals surface area contributed by atoms with Crippen molar-refractivity contribution in [2.45, 2.75) is 4.21 Å². The second kappa shape index (κ2) is 2.22. The highest BCUT2D eigenvalue weighted by Crippen LogP contribution is 2.26. The van der Waals surface area contributed by atoms with Gasteiger partial charge in [-0.05, 0) is 11.4 Å². The summed E-state index contributed by atoms with van der Waals surface area (Å²) in [6.45, 7) is 0. The molecular formula is C4H5NO3S2. The van der Waals surface area contributed by atoms with Crippen LogP contribution in [0.2, 0.25) is 0 Å². The van der Waals surface area contributed by atoms with E-state index in [9.17, 15) is 8.42 Å². The van der Waals surface area contributed by atoms with Crippen molar-refractivity contribution in [3.63, 3.8) is 0 Å². The number of aromatic hydroxyl groups is 1. The van der Waals surface area contributed by atoms with Gasteiger partial charge >= 0.3 is 0 Å². The summed E-state index contributed by atoms with van der Waals surface area (Å²) < 4.78 is 20.9. The SMILES string of the molecule is NS(=O)(=O)c1sccc1O. The van der Waals surface area contributed by atoms with E-state index in [2.05, 4.69) is 0 Å². The van der Waals surface area contributed by atoms with Crippen molar-refractivity contribution in [1.29, 1.82) is 0 Å². The highest BCUT2D eigenvalue weighted by atomic mass is 32.2. The van der Waals surface area contributed by atoms with Crippen LogP contribution in [0.4, 0.5) is 0 Å². The maximum Gasteiger partial charge on any atom is 0.251 e. The molecule has 0 bridgehead atoms. The molecule has 1 heterocycles. The Hall–Kier alpha value is -0.590. The van der Waals surface area contributed by atoms with Crippen molar-refractivity contribution in [2.24, 2.45) is 5.14 Å². The minimum atomic E-state index is -3.72. The third-order valence-electron chi connectivity index (χ3n) is 0.869. The number of sulfonamides is 1. The first-order chi connectivity index (χ1) is 4.52. The molecule has 1 aromatic rings. The van der Waals surface area contributed by atoms with E-state index in [0.717, 1.165) is 11.3 Å². The fourth-order valence-corrected chi connectivity index (χ4v) is 2.07. The highest BCUT2D eigenvalue weighted by molar-refractivity contribution is 7.91. The molecule has 0 fully saturated rings. The van der Waals surface area contributed by atoms with Crippen LogP contribution >= 0.6 is 11.3 Å². The zero-order valence-corrected chi connectivity index (χ0v) is 6.45. The van der Waals surface area contributed by atoms with E-state index in [1.165, 1.54) is 11.4 Å². The Bertz CT molecular complexity index is 326. The smallest absolute Gasteiger partial charge is 0.251 e. The Kier molecular flexibility index (Phi) is 1.67. The Balaban J connectivity index is 3.32. The van der Waals surface area contributed by atoms with E-state index < -0.39 is 10.0 Å². The molecule has 56 valence electrons. The first-order valence-electron chi connectivity index (χ1n) is 2.31. The molecule has 0 aliphatic carbocycles. The van der Waals surface area contributed by atoms with Crippen LogP contribution in [0.1, 0.15) is 0 Å². The van der Waals surface area contributed by atoms with Crippen molar-refractivity contribution in [3.05, 3.63) is 11.4 Å². The molecule has 1 aromatic heterocycles. The van der Waals surface area contributed by atoms with Crippen LogP contribution in [0.25, 0.3) is 0 Å². The minimum Gasteiger partial charge on any atom is -0.506 e. The summed E-state index contributed by atoms with van der Waals surface area (Å²) in [5.74, 6) is -0.285. The fourth-order valence-electron chi connectivity index (χ4n) is 0.501. The van der Waals surface area contributed by atoms with Gasteiger partial charge in [0, 0.05) is 0 Å². The molecule has 0 spiro atoms. The van der Waals surface area contributed by atoms with Crippen molar-refractivity contribution in [1.82, 2.24) is 0 Å². The lowest BCUT2D eigenvalue weighted by Gasteiger charge is -1.90. The molecule has 0 saturated heterocycles. The molecule has 10 heavy (non-hydrogen) atoms. The Labute approximate surface area is 62.0 Å². The number of hydrogen-bond acceptors (Lipinski definition) is 4. The van der Waals surface area contributed by atoms with Gasteiger partial charge in [-0.3, -0.25) is 0 Å². The second-order valence-electron chi connectivity index (χ2n) is 1.64. The average molecular weight is 179 g/mol. The summed E-state index contributed by atoms with van der Waals surface area (Å²) in [7, 11) is -3.72. The predicted molar refractivity (Wildman–Crippen MR) is 37.4 cm³/mol. The molecule has 0 unspecified atom stereocenters. The normalized spacial score (nSPS) is 11.7. The van der Waals surface area contributed by atoms with Gasteiger partial charge in [0.1, 0.15) is 5.75 Å². The molecule has 1 rings (SSSR count). The molecule has 6 heteroatoms. The molecule has 0 amide bonds. The van der Waals surface area contributed by atoms with Crippen LogP contribution in [0.5, 0.6) is 5.75 Å². The second-order valence-corrected chi connectivity index (χ2v) is 4.31. The van der Waals surface area contributed by atoms with Crippen LogP contribution in [-0.4, -0.2) is 13.5 Å². The van der Waals surface area contributed by atoms with Gasteiger partial charge in [-0.15, -0.1) is 11.3 Å². The van der Waals surface area contributed by atoms with Gasteiger partial charge < -0.3 is 5.11 Å². The number of thiophene rings is 1. The van der Waals surface area contributed by atoms with Crippen LogP contribution in [-0.2, 0) is 10.0 Å². The zero-order valence-electron chi connectivity index (χ0n) is 4.81. The Morgan fingerprint density at radius 1 is 1.60 bits per heavy atom. The molecule has 3 N–H and O–H groups in total. The Morgan fingerprint density at radius 3 is 2.40 bits per heavy atom. The average Bonchev–Trinajstić information content (AvgIpc) is 2.11. The van der Waals surface area contributed by atoms with Crippen molar-refractivity contribution < 1.29 is 13.5 Å². The number of rotatable bonds is 1. The van der Waals surface area contributed by atoms with Gasteiger partial charge in [0.2, 0.25) is 0 Å². The standard InChI is InChI=1S/C4H5NO3S2/c5-10(7,8)4-3(6)1-2-9-4/h1-2,6H,(H2,5,7,8). The van der Waals surface area contributed by atoms with Crippen LogP contribution in [0, 0.1) is 0 Å². The molecule has 0 aliphatic heterocycles. The quantitative estimate of drug-likeness (QED) is 0.641. The third-order valence-corrected chi connectivity index (χ3v) is 3.28. The lowest BCUT2D eigenvalue weighted by Crippen LogP contribution is -2.10. The fraction of sp³-hybridized carbons (Fsp3) is 0. The van der Waals surface area contributed by atoms with Gasteiger partial charge in [0.15, 0.2) is 4.21 Å². The largest absolute Gasteiger partial charge is 0.506 e. The summed E-state index contributed by atoms with van der Waals surface area (Å²) in [4.78, 5) is 0. The molecule has 0 aromatic carbocycles. The van der Waals surface area contributed by atoms with Crippen molar-refractivity contribution in [3.8, 4) is 5.75 Å². The van der Waals surface area contributed by atoms with E-state index in [-0.39, 0.29) is 9.96 Å². The van der Waals surface area contributed by atoms with E-state index in [1.807, 2.05) is 0 Å². The van der Waals surface area contributed by atoms with E-state index >= 15 is 0 Å². The van der Waals surface area contributed by atoms with Gasteiger partial charge in [-0.25, -0.2) is 13.6 Å². The molecule has 0 saturated carbocycles. The molecule has 0 atom stereocenters.